The van der Waals surface area contributed by atoms with Gasteiger partial charge in [0.1, 0.15) is 10.8 Å². The van der Waals surface area contributed by atoms with Gasteiger partial charge in [-0.3, -0.25) is 10.00 Å². The summed E-state index contributed by atoms with van der Waals surface area (Å²) >= 11 is 4.81. The van der Waals surface area contributed by atoms with E-state index in [1.165, 1.54) is 10.9 Å². The van der Waals surface area contributed by atoms with Crippen molar-refractivity contribution in [3.63, 3.8) is 0 Å². The summed E-state index contributed by atoms with van der Waals surface area (Å²) in [6.07, 6.45) is 0.933. The van der Waals surface area contributed by atoms with Crippen molar-refractivity contribution in [1.29, 1.82) is 0 Å². The van der Waals surface area contributed by atoms with Crippen LogP contribution in [0.3, 0.4) is 0 Å². The van der Waals surface area contributed by atoms with Crippen LogP contribution in [0.1, 0.15) is 12.5 Å². The molecule has 3 N–H and O–H groups in total. The summed E-state index contributed by atoms with van der Waals surface area (Å²) in [5, 5.41) is 6.44. The lowest BCUT2D eigenvalue weighted by Crippen LogP contribution is -2.19. The molecule has 0 atom stereocenters. The maximum absolute atomic E-state index is 11.2. The van der Waals surface area contributed by atoms with Gasteiger partial charge in [0.25, 0.3) is 0 Å². The van der Waals surface area contributed by atoms with Crippen molar-refractivity contribution in [2.24, 2.45) is 12.8 Å². The highest BCUT2D eigenvalue weighted by Gasteiger charge is 2.13. The van der Waals surface area contributed by atoms with E-state index in [-0.39, 0.29) is 4.99 Å². The quantitative estimate of drug-likeness (QED) is 0.741. The number of hydrogen-bond donors (Lipinski definition) is 2. The van der Waals surface area contributed by atoms with Crippen molar-refractivity contribution < 1.29 is 9.53 Å². The fourth-order valence-electron chi connectivity index (χ4n) is 1.03. The van der Waals surface area contributed by atoms with Crippen LogP contribution in [-0.2, 0) is 11.8 Å². The minimum absolute atomic E-state index is 0.176. The molecule has 0 saturated carbocycles. The predicted molar refractivity (Wildman–Crippen MR) is 59.7 cm³/mol. The number of aromatic nitrogens is 2. The molecule has 1 rings (SSSR count). The lowest BCUT2D eigenvalue weighted by molar-refractivity contribution is 0.167. The first-order valence-corrected chi connectivity index (χ1v) is 4.72. The molecule has 1 amide bonds. The number of carbonyl (C=O) groups is 1. The summed E-state index contributed by atoms with van der Waals surface area (Å²) in [7, 11) is 1.67. The summed E-state index contributed by atoms with van der Waals surface area (Å²) in [5.41, 5.74) is 5.98. The van der Waals surface area contributed by atoms with Crippen LogP contribution >= 0.6 is 12.2 Å². The molecule has 7 heteroatoms. The number of nitrogens with zero attached hydrogens (tertiary/aromatic N) is 2. The molecule has 82 valence electrons. The third kappa shape index (κ3) is 2.66. The monoisotopic (exact) mass is 228 g/mol. The molecular weight excluding hydrogens is 216 g/mol. The zero-order chi connectivity index (χ0) is 11.4. The number of nitrogens with one attached hydrogen (secondary N) is 1. The number of amides is 1. The Hall–Kier alpha value is -1.63. The summed E-state index contributed by atoms with van der Waals surface area (Å²) in [6.45, 7) is 2.02. The van der Waals surface area contributed by atoms with Gasteiger partial charge in [0.2, 0.25) is 0 Å². The van der Waals surface area contributed by atoms with Gasteiger partial charge in [0.05, 0.1) is 18.4 Å². The summed E-state index contributed by atoms with van der Waals surface area (Å²) < 4.78 is 6.19. The van der Waals surface area contributed by atoms with Crippen LogP contribution in [-0.4, -0.2) is 27.5 Å². The minimum Gasteiger partial charge on any atom is -0.450 e. The van der Waals surface area contributed by atoms with Crippen LogP contribution in [0.15, 0.2) is 6.20 Å². The molecule has 15 heavy (non-hydrogen) atoms. The average molecular weight is 228 g/mol. The first kappa shape index (κ1) is 11.4. The zero-order valence-electron chi connectivity index (χ0n) is 8.48. The number of ether oxygens (including phenoxy) is 1. The molecule has 6 nitrogen and oxygen atoms in total. The molecule has 0 aromatic carbocycles. The van der Waals surface area contributed by atoms with Crippen molar-refractivity contribution in [3.8, 4) is 0 Å². The number of anilines is 1. The second-order valence-corrected chi connectivity index (χ2v) is 3.18. The van der Waals surface area contributed by atoms with E-state index in [4.69, 9.17) is 22.7 Å². The Morgan fingerprint density at radius 2 is 2.47 bits per heavy atom. The largest absolute Gasteiger partial charge is 0.450 e. The van der Waals surface area contributed by atoms with Crippen LogP contribution in [0, 0.1) is 0 Å². The molecule has 1 aromatic rings. The van der Waals surface area contributed by atoms with Crippen LogP contribution in [0.2, 0.25) is 0 Å². The van der Waals surface area contributed by atoms with Gasteiger partial charge in [-0.15, -0.1) is 0 Å². The molecule has 0 saturated heterocycles. The summed E-state index contributed by atoms with van der Waals surface area (Å²) in [5.74, 6) is 0.431. The van der Waals surface area contributed by atoms with Crippen molar-refractivity contribution in [1.82, 2.24) is 9.78 Å². The van der Waals surface area contributed by atoms with E-state index in [9.17, 15) is 4.79 Å². The van der Waals surface area contributed by atoms with E-state index < -0.39 is 6.09 Å². The van der Waals surface area contributed by atoms with Crippen LogP contribution in [0.4, 0.5) is 10.6 Å². The number of nitrogens with two attached hydrogens (primary N) is 1. The highest BCUT2D eigenvalue weighted by molar-refractivity contribution is 7.80. The molecule has 0 aliphatic rings. The Morgan fingerprint density at radius 3 is 3.00 bits per heavy atom. The second-order valence-electron chi connectivity index (χ2n) is 2.74. The van der Waals surface area contributed by atoms with Gasteiger partial charge >= 0.3 is 6.09 Å². The predicted octanol–water partition coefficient (Wildman–Crippen LogP) is 0.623. The van der Waals surface area contributed by atoms with Crippen molar-refractivity contribution in [2.75, 3.05) is 11.9 Å². The second kappa shape index (κ2) is 4.74. The first-order valence-electron chi connectivity index (χ1n) is 4.31. The van der Waals surface area contributed by atoms with Gasteiger partial charge in [-0.1, -0.05) is 12.2 Å². The van der Waals surface area contributed by atoms with E-state index in [1.54, 1.807) is 14.0 Å². The maximum Gasteiger partial charge on any atom is 0.412 e. The standard InChI is InChI=1S/C8H12N4O2S/c1-3-14-8(13)11-7-5(6(9)15)4-10-12(7)2/h4H,3H2,1-2H3,(H2,9,15)(H,11,13). The lowest BCUT2D eigenvalue weighted by atomic mass is 10.3. The summed E-state index contributed by atoms with van der Waals surface area (Å²) in [4.78, 5) is 11.4. The third-order valence-corrected chi connectivity index (χ3v) is 1.92. The number of carbonyl (C=O) groups excluding carboxylic acids is 1. The van der Waals surface area contributed by atoms with E-state index in [2.05, 4.69) is 10.4 Å². The molecule has 0 radical (unpaired) electrons. The third-order valence-electron chi connectivity index (χ3n) is 1.70. The smallest absolute Gasteiger partial charge is 0.412 e. The van der Waals surface area contributed by atoms with E-state index in [0.717, 1.165) is 0 Å². The van der Waals surface area contributed by atoms with Crippen molar-refractivity contribution in [2.45, 2.75) is 6.92 Å². The van der Waals surface area contributed by atoms with Crippen LogP contribution in [0.25, 0.3) is 0 Å². The molecule has 0 fully saturated rings. The zero-order valence-corrected chi connectivity index (χ0v) is 9.30. The Morgan fingerprint density at radius 1 is 1.80 bits per heavy atom. The molecule has 0 unspecified atom stereocenters. The molecule has 0 aliphatic carbocycles. The van der Waals surface area contributed by atoms with E-state index in [0.29, 0.717) is 18.0 Å². The number of thiocarbonyl (C=S) groups is 1. The number of aryl methyl sites for hydroxylation is 1. The first-order chi connectivity index (χ1) is 7.06. The fourth-order valence-corrected chi connectivity index (χ4v) is 1.18. The Balaban J connectivity index is 2.88. The molecule has 0 spiro atoms. The van der Waals surface area contributed by atoms with Crippen LogP contribution in [0.5, 0.6) is 0 Å². The van der Waals surface area contributed by atoms with Gasteiger partial charge in [0.15, 0.2) is 0 Å². The fraction of sp³-hybridized carbons (Fsp3) is 0.375. The van der Waals surface area contributed by atoms with E-state index >= 15 is 0 Å². The van der Waals surface area contributed by atoms with Gasteiger partial charge in [-0.05, 0) is 6.92 Å². The molecule has 1 heterocycles. The molecule has 0 aliphatic heterocycles. The topological polar surface area (TPSA) is 82.2 Å². The number of rotatable bonds is 3. The normalized spacial score (nSPS) is 9.73. The van der Waals surface area contributed by atoms with Gasteiger partial charge in [0, 0.05) is 7.05 Å². The van der Waals surface area contributed by atoms with E-state index in [1.807, 2.05) is 0 Å². The Labute approximate surface area is 92.4 Å². The minimum atomic E-state index is -0.557. The highest BCUT2D eigenvalue weighted by Crippen LogP contribution is 2.13. The Bertz CT molecular complexity index is 388. The summed E-state index contributed by atoms with van der Waals surface area (Å²) in [6, 6.07) is 0. The van der Waals surface area contributed by atoms with Crippen molar-refractivity contribution >= 4 is 29.1 Å². The highest BCUT2D eigenvalue weighted by atomic mass is 32.1. The average Bonchev–Trinajstić information content (AvgIpc) is 2.48. The SMILES string of the molecule is CCOC(=O)Nc1c(C(N)=S)cnn1C. The van der Waals surface area contributed by atoms with Gasteiger partial charge < -0.3 is 10.5 Å². The Kier molecular flexibility index (Phi) is 3.62. The molecule has 1 aromatic heterocycles. The molecular formula is C8H12N4O2S. The number of hydrogen-bond acceptors (Lipinski definition) is 4. The van der Waals surface area contributed by atoms with Gasteiger partial charge in [-0.25, -0.2) is 4.79 Å². The maximum atomic E-state index is 11.2. The van der Waals surface area contributed by atoms with Crippen LogP contribution < -0.4 is 11.1 Å². The van der Waals surface area contributed by atoms with Crippen molar-refractivity contribution in [3.05, 3.63) is 11.8 Å². The molecule has 0 bridgehead atoms. The van der Waals surface area contributed by atoms with Gasteiger partial charge in [-0.2, -0.15) is 5.10 Å². The lowest BCUT2D eigenvalue weighted by Gasteiger charge is -2.07.